The van der Waals surface area contributed by atoms with Crippen LogP contribution in [0.2, 0.25) is 0 Å². The number of furan rings is 1. The van der Waals surface area contributed by atoms with Gasteiger partial charge in [0.2, 0.25) is 11.5 Å². The van der Waals surface area contributed by atoms with Crippen molar-refractivity contribution in [2.45, 2.75) is 68.7 Å². The van der Waals surface area contributed by atoms with Crippen molar-refractivity contribution in [2.24, 2.45) is 0 Å². The fourth-order valence-corrected chi connectivity index (χ4v) is 8.60. The van der Waals surface area contributed by atoms with Gasteiger partial charge in [0, 0.05) is 32.7 Å². The molecular weight excluding hydrogens is 911 g/mol. The Balaban J connectivity index is 0.000000347. The van der Waals surface area contributed by atoms with Crippen LogP contribution in [-0.2, 0) is 0 Å². The molecule has 0 fully saturated rings. The minimum absolute atomic E-state index is 0.298. The first kappa shape index (κ1) is 55.1. The molecule has 73 heavy (non-hydrogen) atoms. The van der Waals surface area contributed by atoms with Gasteiger partial charge in [0.1, 0.15) is 17.0 Å². The van der Waals surface area contributed by atoms with E-state index in [9.17, 15) is 35.7 Å². The maximum atomic E-state index is 11.5. The fourth-order valence-electron chi connectivity index (χ4n) is 8.60. The Kier molecular flexibility index (Phi) is 19.1. The van der Waals surface area contributed by atoms with Crippen molar-refractivity contribution in [3.63, 3.8) is 0 Å². The number of para-hydroxylation sites is 1. The number of hydrogen-bond acceptors (Lipinski definition) is 8. The molecule has 376 valence electrons. The van der Waals surface area contributed by atoms with Gasteiger partial charge in [0.05, 0.1) is 21.8 Å². The van der Waals surface area contributed by atoms with Gasteiger partial charge in [-0.15, -0.1) is 0 Å². The van der Waals surface area contributed by atoms with E-state index in [1.807, 2.05) is 140 Å². The molecular formula is C64H67NO8. The summed E-state index contributed by atoms with van der Waals surface area (Å²) in [4.78, 5) is 0. The largest absolute Gasteiger partial charge is 0.505 e. The number of fused-ring (bicyclic) bond motifs is 9. The lowest BCUT2D eigenvalue weighted by molar-refractivity contribution is 0.347. The summed E-state index contributed by atoms with van der Waals surface area (Å²) in [5, 5.41) is 79.0. The van der Waals surface area contributed by atoms with Crippen LogP contribution in [0.3, 0.4) is 0 Å². The minimum Gasteiger partial charge on any atom is -0.505 e. The number of aromatic hydroxyl groups is 7. The first-order valence-corrected chi connectivity index (χ1v) is 24.5. The third kappa shape index (κ3) is 10.8. The molecule has 7 N–H and O–H groups in total. The van der Waals surface area contributed by atoms with Gasteiger partial charge in [-0.05, 0) is 86.5 Å². The maximum Gasteiger partial charge on any atom is 0.205 e. The minimum atomic E-state index is -1.11. The second-order valence-corrected chi connectivity index (χ2v) is 16.1. The number of phenolic OH excluding ortho intramolecular Hbond substituents is 7. The monoisotopic (exact) mass is 977 g/mol. The molecule has 0 saturated heterocycles. The highest BCUT2D eigenvalue weighted by molar-refractivity contribution is 6.20. The Morgan fingerprint density at radius 1 is 0.548 bits per heavy atom. The predicted molar refractivity (Wildman–Crippen MR) is 308 cm³/mol. The molecule has 0 atom stereocenters. The molecule has 9 heteroatoms. The van der Waals surface area contributed by atoms with Gasteiger partial charge in [-0.2, -0.15) is 0 Å². The van der Waals surface area contributed by atoms with Crippen LogP contribution in [0, 0.1) is 0 Å². The average Bonchev–Trinajstić information content (AvgIpc) is 4.07. The smallest absolute Gasteiger partial charge is 0.205 e. The van der Waals surface area contributed by atoms with Crippen molar-refractivity contribution in [3.05, 3.63) is 183 Å². The molecule has 1 aliphatic carbocycles. The molecule has 0 saturated carbocycles. The van der Waals surface area contributed by atoms with E-state index in [1.54, 1.807) is 24.3 Å². The number of hydrogen-bond donors (Lipinski definition) is 7. The summed E-state index contributed by atoms with van der Waals surface area (Å²) in [6.45, 7) is 25.2. The number of allylic oxidation sites excluding steroid dienone is 12. The van der Waals surface area contributed by atoms with Crippen LogP contribution >= 0.6 is 0 Å². The average molecular weight is 978 g/mol. The summed E-state index contributed by atoms with van der Waals surface area (Å²) < 4.78 is 7.94. The highest BCUT2D eigenvalue weighted by Gasteiger charge is 2.31. The zero-order valence-corrected chi connectivity index (χ0v) is 43.2. The SMILES string of the molecule is C/C=C\C=C/C.C=C/C=C(C)/C=C\CC.C=C/C=C\C.CC.CC.Oc1c(O)c(O)c2c(O)c(-n3c4ccccc4c4cc(-c5ccc6oc7c(c6c5)-c5cccc6cccc-7c56)ccc43)c(O)c(O)c2c1O. The number of nitrogens with zero attached hydrogens (tertiary/aromatic N) is 1. The molecule has 0 spiro atoms. The summed E-state index contributed by atoms with van der Waals surface area (Å²) in [5.74, 6) is -5.82. The standard InChI is InChI=1S/C40H23NO8.C9H14.C6H10.C5H8.2C2H6/c42-33-30-31(36(45)39(48)38(47)35(30)44)34(43)37(46)32(33)41-25-10-2-1-7-20(25)23-15-18(11-13-26(23)41)19-12-14-27-24(16-19)29-21-8-3-5-17-6-4-9-22(28(17)21)40(29)49-27;1-4-6-8-9(3)7-5-2;1-3-5-6-4-2;1-3-5-4-2;2*1-2/h1-16,42-48H;5-8H,2,4H2,1,3H3;3-6H,1-2H3;3-5H,1H2,2H3;2*1-2H3/b;8-6-,9-7+;5-3-,6-4-;5-4-;;. The molecule has 0 radical (unpaired) electrons. The van der Waals surface area contributed by atoms with Crippen LogP contribution in [0.1, 0.15) is 68.7 Å². The third-order valence-corrected chi connectivity index (χ3v) is 11.7. The van der Waals surface area contributed by atoms with Crippen molar-refractivity contribution in [1.82, 2.24) is 4.57 Å². The predicted octanol–water partition coefficient (Wildman–Crippen LogP) is 18.1. The molecule has 0 aliphatic heterocycles. The lowest BCUT2D eigenvalue weighted by Crippen LogP contribution is -1.97. The summed E-state index contributed by atoms with van der Waals surface area (Å²) in [6, 6.07) is 31.7. The second kappa shape index (κ2) is 25.3. The molecule has 7 aromatic carbocycles. The third-order valence-electron chi connectivity index (χ3n) is 11.7. The first-order chi connectivity index (χ1) is 35.4. The summed E-state index contributed by atoms with van der Waals surface area (Å²) in [5.41, 5.74) is 7.98. The molecule has 10 rings (SSSR count). The van der Waals surface area contributed by atoms with Gasteiger partial charge in [0.15, 0.2) is 28.7 Å². The fraction of sp³-hybridized carbons (Fsp3) is 0.156. The van der Waals surface area contributed by atoms with Gasteiger partial charge in [-0.1, -0.05) is 187 Å². The van der Waals surface area contributed by atoms with Gasteiger partial charge in [-0.3, -0.25) is 0 Å². The zero-order chi connectivity index (χ0) is 53.5. The van der Waals surface area contributed by atoms with Crippen LogP contribution in [-0.4, -0.2) is 40.3 Å². The number of rotatable bonds is 7. The summed E-state index contributed by atoms with van der Waals surface area (Å²) >= 11 is 0. The van der Waals surface area contributed by atoms with Crippen LogP contribution in [0.4, 0.5) is 0 Å². The Bertz CT molecular complexity index is 3580. The van der Waals surface area contributed by atoms with Crippen LogP contribution in [0.25, 0.3) is 93.6 Å². The summed E-state index contributed by atoms with van der Waals surface area (Å²) in [7, 11) is 0. The van der Waals surface area contributed by atoms with Gasteiger partial charge in [-0.25, -0.2) is 0 Å². The lowest BCUT2D eigenvalue weighted by atomic mass is 9.98. The van der Waals surface area contributed by atoms with Crippen LogP contribution in [0.15, 0.2) is 187 Å². The number of phenols is 7. The van der Waals surface area contributed by atoms with E-state index < -0.39 is 51.0 Å². The van der Waals surface area contributed by atoms with Crippen LogP contribution < -0.4 is 0 Å². The number of aromatic nitrogens is 1. The normalized spacial score (nSPS) is 11.5. The van der Waals surface area contributed by atoms with E-state index in [0.717, 1.165) is 67.1 Å². The Labute approximate surface area is 428 Å². The molecule has 1 aliphatic rings. The van der Waals surface area contributed by atoms with E-state index >= 15 is 0 Å². The molecule has 0 amide bonds. The number of benzene rings is 7. The Hall–Kier alpha value is -8.82. The van der Waals surface area contributed by atoms with Crippen molar-refractivity contribution in [1.29, 1.82) is 0 Å². The lowest BCUT2D eigenvalue weighted by Gasteiger charge is -2.18. The molecule has 0 bridgehead atoms. The van der Waals surface area contributed by atoms with Crippen molar-refractivity contribution >= 4 is 54.3 Å². The van der Waals surface area contributed by atoms with Crippen molar-refractivity contribution < 1.29 is 40.2 Å². The topological polar surface area (TPSA) is 160 Å². The molecule has 9 nitrogen and oxygen atoms in total. The zero-order valence-electron chi connectivity index (χ0n) is 43.2. The van der Waals surface area contributed by atoms with E-state index in [-0.39, 0.29) is 5.69 Å². The maximum absolute atomic E-state index is 11.5. The van der Waals surface area contributed by atoms with E-state index in [2.05, 4.69) is 75.6 Å². The molecule has 9 aromatic rings. The Morgan fingerprint density at radius 2 is 1.10 bits per heavy atom. The van der Waals surface area contributed by atoms with E-state index in [0.29, 0.717) is 11.0 Å². The van der Waals surface area contributed by atoms with Gasteiger partial charge in [0.25, 0.3) is 0 Å². The Morgan fingerprint density at radius 3 is 1.67 bits per heavy atom. The van der Waals surface area contributed by atoms with Gasteiger partial charge < -0.3 is 44.7 Å². The highest BCUT2D eigenvalue weighted by Crippen LogP contribution is 2.59. The van der Waals surface area contributed by atoms with Crippen LogP contribution in [0.5, 0.6) is 40.2 Å². The van der Waals surface area contributed by atoms with E-state index in [4.69, 9.17) is 4.42 Å². The first-order valence-electron chi connectivity index (χ1n) is 24.5. The van der Waals surface area contributed by atoms with Crippen molar-refractivity contribution in [3.8, 4) is 79.5 Å². The van der Waals surface area contributed by atoms with Crippen molar-refractivity contribution in [2.75, 3.05) is 0 Å². The molecule has 0 unspecified atom stereocenters. The van der Waals surface area contributed by atoms with Gasteiger partial charge >= 0.3 is 0 Å². The molecule has 2 aromatic heterocycles. The summed E-state index contributed by atoms with van der Waals surface area (Å²) in [6.07, 6.45) is 22.7. The second-order valence-electron chi connectivity index (χ2n) is 16.1. The highest BCUT2D eigenvalue weighted by atomic mass is 16.4. The quantitative estimate of drug-likeness (QED) is 0.0472. The molecule has 2 heterocycles. The van der Waals surface area contributed by atoms with E-state index in [1.165, 1.54) is 15.5 Å².